The zero-order valence-corrected chi connectivity index (χ0v) is 10.5. The van der Waals surface area contributed by atoms with Crippen molar-refractivity contribution in [1.29, 1.82) is 0 Å². The summed E-state index contributed by atoms with van der Waals surface area (Å²) in [6.45, 7) is 0. The first kappa shape index (κ1) is 11.4. The summed E-state index contributed by atoms with van der Waals surface area (Å²) < 4.78 is 26.3. The van der Waals surface area contributed by atoms with Crippen LogP contribution in [0.15, 0.2) is 30.5 Å². The van der Waals surface area contributed by atoms with Gasteiger partial charge in [-0.15, -0.1) is 0 Å². The first-order valence-corrected chi connectivity index (χ1v) is 6.40. The maximum atomic E-state index is 11.9. The highest BCUT2D eigenvalue weighted by Gasteiger charge is 2.17. The number of fused-ring (bicyclic) bond motifs is 1. The fourth-order valence-electron chi connectivity index (χ4n) is 1.46. The van der Waals surface area contributed by atoms with E-state index in [0.717, 1.165) is 5.39 Å². The second kappa shape index (κ2) is 3.76. The SMILES string of the molecule is CN(C)S(=O)(=O)n1ccc2cc(Cl)ccc21. The molecule has 2 rings (SSSR count). The Morgan fingerprint density at radius 2 is 1.94 bits per heavy atom. The molecule has 1 aromatic heterocycles. The lowest BCUT2D eigenvalue weighted by Crippen LogP contribution is -2.28. The molecular formula is C10H11ClN2O2S. The van der Waals surface area contributed by atoms with Gasteiger partial charge < -0.3 is 0 Å². The van der Waals surface area contributed by atoms with Crippen LogP contribution in [0.5, 0.6) is 0 Å². The molecule has 0 amide bonds. The molecule has 0 aliphatic carbocycles. The highest BCUT2D eigenvalue weighted by atomic mass is 35.5. The molecule has 0 radical (unpaired) electrons. The normalized spacial score (nSPS) is 12.5. The molecule has 0 aliphatic heterocycles. The maximum absolute atomic E-state index is 11.9. The average Bonchev–Trinajstić information content (AvgIpc) is 2.60. The Morgan fingerprint density at radius 1 is 1.25 bits per heavy atom. The largest absolute Gasteiger partial charge is 0.307 e. The lowest BCUT2D eigenvalue weighted by atomic mass is 10.2. The monoisotopic (exact) mass is 258 g/mol. The predicted molar refractivity (Wildman–Crippen MR) is 65.0 cm³/mol. The summed E-state index contributed by atoms with van der Waals surface area (Å²) in [5.41, 5.74) is 0.623. The van der Waals surface area contributed by atoms with Gasteiger partial charge in [0.05, 0.1) is 5.52 Å². The minimum absolute atomic E-state index is 0.590. The van der Waals surface area contributed by atoms with Crippen LogP contribution in [0.4, 0.5) is 0 Å². The van der Waals surface area contributed by atoms with Crippen LogP contribution in [0.3, 0.4) is 0 Å². The highest BCUT2D eigenvalue weighted by molar-refractivity contribution is 7.87. The second-order valence-corrected chi connectivity index (χ2v) is 6.06. The van der Waals surface area contributed by atoms with Crippen molar-refractivity contribution in [2.75, 3.05) is 14.1 Å². The predicted octanol–water partition coefficient (Wildman–Crippen LogP) is 1.95. The van der Waals surface area contributed by atoms with Crippen molar-refractivity contribution in [3.05, 3.63) is 35.5 Å². The Bertz CT molecular complexity index is 631. The molecular weight excluding hydrogens is 248 g/mol. The van der Waals surface area contributed by atoms with E-state index in [1.165, 1.54) is 28.6 Å². The fraction of sp³-hybridized carbons (Fsp3) is 0.200. The van der Waals surface area contributed by atoms with E-state index >= 15 is 0 Å². The molecule has 0 aliphatic rings. The highest BCUT2D eigenvalue weighted by Crippen LogP contribution is 2.22. The molecule has 0 atom stereocenters. The number of nitrogens with zero attached hydrogens (tertiary/aromatic N) is 2. The van der Waals surface area contributed by atoms with E-state index < -0.39 is 10.2 Å². The summed E-state index contributed by atoms with van der Waals surface area (Å²) in [4.78, 5) is 0. The van der Waals surface area contributed by atoms with Gasteiger partial charge >= 0.3 is 10.2 Å². The van der Waals surface area contributed by atoms with Crippen LogP contribution in [-0.2, 0) is 10.2 Å². The van der Waals surface area contributed by atoms with Crippen molar-refractivity contribution < 1.29 is 8.42 Å². The molecule has 86 valence electrons. The molecule has 0 saturated carbocycles. The molecule has 0 saturated heterocycles. The quantitative estimate of drug-likeness (QED) is 0.826. The summed E-state index contributed by atoms with van der Waals surface area (Å²) in [6.07, 6.45) is 1.52. The number of benzene rings is 1. The van der Waals surface area contributed by atoms with Crippen LogP contribution in [0.1, 0.15) is 0 Å². The van der Waals surface area contributed by atoms with E-state index in [1.807, 2.05) is 0 Å². The lowest BCUT2D eigenvalue weighted by molar-refractivity contribution is 0.512. The molecule has 4 nitrogen and oxygen atoms in total. The minimum Gasteiger partial charge on any atom is -0.232 e. The van der Waals surface area contributed by atoms with Crippen LogP contribution in [0.25, 0.3) is 10.9 Å². The van der Waals surface area contributed by atoms with Crippen LogP contribution >= 0.6 is 11.6 Å². The number of hydrogen-bond acceptors (Lipinski definition) is 2. The summed E-state index contributed by atoms with van der Waals surface area (Å²) in [5.74, 6) is 0. The van der Waals surface area contributed by atoms with Crippen molar-refractivity contribution in [1.82, 2.24) is 8.28 Å². The summed E-state index contributed by atoms with van der Waals surface area (Å²) >= 11 is 5.84. The second-order valence-electron chi connectivity index (χ2n) is 3.60. The third kappa shape index (κ3) is 1.71. The minimum atomic E-state index is -3.47. The van der Waals surface area contributed by atoms with Crippen molar-refractivity contribution in [3.63, 3.8) is 0 Å². The number of aromatic nitrogens is 1. The third-order valence-electron chi connectivity index (χ3n) is 2.33. The van der Waals surface area contributed by atoms with E-state index in [-0.39, 0.29) is 0 Å². The van der Waals surface area contributed by atoms with Crippen LogP contribution < -0.4 is 0 Å². The Kier molecular flexibility index (Phi) is 2.69. The van der Waals surface area contributed by atoms with Gasteiger partial charge in [-0.3, -0.25) is 0 Å². The van der Waals surface area contributed by atoms with Crippen LogP contribution in [0.2, 0.25) is 5.02 Å². The van der Waals surface area contributed by atoms with Crippen molar-refractivity contribution >= 4 is 32.7 Å². The molecule has 1 aromatic carbocycles. The number of hydrogen-bond donors (Lipinski definition) is 0. The number of halogens is 1. The zero-order valence-electron chi connectivity index (χ0n) is 8.88. The number of rotatable bonds is 2. The summed E-state index contributed by atoms with van der Waals surface area (Å²) in [6, 6.07) is 6.82. The maximum Gasteiger partial charge on any atom is 0.307 e. The third-order valence-corrected chi connectivity index (χ3v) is 4.30. The van der Waals surface area contributed by atoms with Crippen molar-refractivity contribution in [2.45, 2.75) is 0 Å². The molecule has 0 fully saturated rings. The molecule has 0 bridgehead atoms. The molecule has 6 heteroatoms. The van der Waals surface area contributed by atoms with Gasteiger partial charge in [-0.05, 0) is 24.3 Å². The first-order chi connectivity index (χ1) is 7.43. The van der Waals surface area contributed by atoms with E-state index in [0.29, 0.717) is 10.5 Å². The lowest BCUT2D eigenvalue weighted by Gasteiger charge is -2.13. The Balaban J connectivity index is 2.73. The van der Waals surface area contributed by atoms with E-state index in [4.69, 9.17) is 11.6 Å². The van der Waals surface area contributed by atoms with Gasteiger partial charge in [0.1, 0.15) is 0 Å². The Hall–Kier alpha value is -1.04. The van der Waals surface area contributed by atoms with Crippen LogP contribution in [-0.4, -0.2) is 30.8 Å². The fourth-order valence-corrected chi connectivity index (χ4v) is 2.63. The van der Waals surface area contributed by atoms with Crippen LogP contribution in [0, 0.1) is 0 Å². The first-order valence-electron chi connectivity index (χ1n) is 4.62. The van der Waals surface area contributed by atoms with E-state index in [9.17, 15) is 8.42 Å². The van der Waals surface area contributed by atoms with Gasteiger partial charge in [0.15, 0.2) is 0 Å². The zero-order chi connectivity index (χ0) is 11.9. The molecule has 2 aromatic rings. The Morgan fingerprint density at radius 3 is 2.56 bits per heavy atom. The summed E-state index contributed by atoms with van der Waals surface area (Å²) in [7, 11) is -0.472. The summed E-state index contributed by atoms with van der Waals surface area (Å²) in [5, 5.41) is 1.39. The van der Waals surface area contributed by atoms with E-state index in [1.54, 1.807) is 24.3 Å². The molecule has 0 unspecified atom stereocenters. The van der Waals surface area contributed by atoms with Gasteiger partial charge in [-0.25, -0.2) is 3.97 Å². The molecule has 0 spiro atoms. The van der Waals surface area contributed by atoms with Crippen molar-refractivity contribution in [2.24, 2.45) is 0 Å². The van der Waals surface area contributed by atoms with Gasteiger partial charge in [-0.1, -0.05) is 11.6 Å². The smallest absolute Gasteiger partial charge is 0.232 e. The van der Waals surface area contributed by atoms with Gasteiger partial charge in [0.2, 0.25) is 0 Å². The van der Waals surface area contributed by atoms with Crippen molar-refractivity contribution in [3.8, 4) is 0 Å². The van der Waals surface area contributed by atoms with Gasteiger partial charge in [0.25, 0.3) is 0 Å². The topological polar surface area (TPSA) is 42.3 Å². The molecule has 1 heterocycles. The van der Waals surface area contributed by atoms with Gasteiger partial charge in [-0.2, -0.15) is 12.7 Å². The average molecular weight is 259 g/mol. The van der Waals surface area contributed by atoms with E-state index in [2.05, 4.69) is 0 Å². The standard InChI is InChI=1S/C10H11ClN2O2S/c1-12(2)16(14,15)13-6-5-8-7-9(11)3-4-10(8)13/h3-7H,1-2H3. The molecule has 16 heavy (non-hydrogen) atoms. The molecule has 0 N–H and O–H groups in total. The Labute approximate surface area is 99.2 Å². The van der Waals surface area contributed by atoms with Gasteiger partial charge in [0, 0.05) is 30.7 Å².